The highest BCUT2D eigenvalue weighted by Crippen LogP contribution is 2.20. The second-order valence-corrected chi connectivity index (χ2v) is 4.69. The lowest BCUT2D eigenvalue weighted by atomic mass is 10.1. The van der Waals surface area contributed by atoms with Crippen LogP contribution in [0.3, 0.4) is 0 Å². The normalized spacial score (nSPS) is 12.3. The fourth-order valence-electron chi connectivity index (χ4n) is 2.13. The third-order valence-corrected chi connectivity index (χ3v) is 2.98. The molecular weight excluding hydrogens is 242 g/mol. The molecule has 1 aromatic heterocycles. The SMILES string of the molecule is CC(N)Cc1cccn1Cc1ccccc1[N+](=O)[O-]. The van der Waals surface area contributed by atoms with Gasteiger partial charge in [0.05, 0.1) is 11.5 Å². The molecule has 0 radical (unpaired) electrons. The Hall–Kier alpha value is -2.14. The van der Waals surface area contributed by atoms with Crippen LogP contribution < -0.4 is 5.73 Å². The Morgan fingerprint density at radius 3 is 2.74 bits per heavy atom. The Labute approximate surface area is 111 Å². The zero-order valence-corrected chi connectivity index (χ0v) is 10.8. The fraction of sp³-hybridized carbons (Fsp3) is 0.286. The number of rotatable bonds is 5. The van der Waals surface area contributed by atoms with Crippen molar-refractivity contribution in [2.45, 2.75) is 25.9 Å². The van der Waals surface area contributed by atoms with E-state index in [0.29, 0.717) is 12.1 Å². The van der Waals surface area contributed by atoms with Gasteiger partial charge in [0.1, 0.15) is 0 Å². The molecular formula is C14H17N3O2. The van der Waals surface area contributed by atoms with Crippen LogP contribution in [0.25, 0.3) is 0 Å². The van der Waals surface area contributed by atoms with E-state index in [1.165, 1.54) is 6.07 Å². The second kappa shape index (κ2) is 5.67. The summed E-state index contributed by atoms with van der Waals surface area (Å²) < 4.78 is 2.01. The molecule has 1 aromatic carbocycles. The molecule has 100 valence electrons. The molecule has 2 N–H and O–H groups in total. The van der Waals surface area contributed by atoms with Crippen molar-refractivity contribution in [3.05, 3.63) is 64.0 Å². The standard InChI is InChI=1S/C14H17N3O2/c1-11(15)9-13-6-4-8-16(13)10-12-5-2-3-7-14(12)17(18)19/h2-8,11H,9-10,15H2,1H3. The van der Waals surface area contributed by atoms with Gasteiger partial charge in [0.25, 0.3) is 5.69 Å². The Morgan fingerprint density at radius 1 is 1.32 bits per heavy atom. The molecule has 0 saturated heterocycles. The molecule has 0 bridgehead atoms. The zero-order chi connectivity index (χ0) is 13.8. The highest BCUT2D eigenvalue weighted by molar-refractivity contribution is 5.40. The van der Waals surface area contributed by atoms with Gasteiger partial charge in [-0.3, -0.25) is 10.1 Å². The average Bonchev–Trinajstić information content (AvgIpc) is 2.76. The molecule has 2 rings (SSSR count). The summed E-state index contributed by atoms with van der Waals surface area (Å²) in [5.41, 5.74) is 7.75. The predicted molar refractivity (Wildman–Crippen MR) is 74.0 cm³/mol. The van der Waals surface area contributed by atoms with Crippen LogP contribution >= 0.6 is 0 Å². The quantitative estimate of drug-likeness (QED) is 0.661. The third-order valence-electron chi connectivity index (χ3n) is 2.98. The molecule has 5 nitrogen and oxygen atoms in total. The predicted octanol–water partition coefficient (Wildman–Crippen LogP) is 2.33. The maximum Gasteiger partial charge on any atom is 0.274 e. The van der Waals surface area contributed by atoms with Crippen molar-refractivity contribution in [1.82, 2.24) is 4.57 Å². The lowest BCUT2D eigenvalue weighted by Gasteiger charge is -2.11. The van der Waals surface area contributed by atoms with Gasteiger partial charge in [-0.15, -0.1) is 0 Å². The molecule has 0 aliphatic rings. The Bertz CT molecular complexity index is 576. The molecule has 1 unspecified atom stereocenters. The van der Waals surface area contributed by atoms with E-state index in [1.807, 2.05) is 35.9 Å². The van der Waals surface area contributed by atoms with Crippen molar-refractivity contribution in [2.75, 3.05) is 0 Å². The lowest BCUT2D eigenvalue weighted by Crippen LogP contribution is -2.20. The summed E-state index contributed by atoms with van der Waals surface area (Å²) in [7, 11) is 0. The van der Waals surface area contributed by atoms with Crippen LogP contribution in [0.2, 0.25) is 0 Å². The van der Waals surface area contributed by atoms with E-state index in [9.17, 15) is 10.1 Å². The molecule has 2 aromatic rings. The van der Waals surface area contributed by atoms with Gasteiger partial charge in [-0.1, -0.05) is 18.2 Å². The molecule has 0 fully saturated rings. The maximum atomic E-state index is 11.0. The zero-order valence-electron chi connectivity index (χ0n) is 10.8. The summed E-state index contributed by atoms with van der Waals surface area (Å²) in [6.07, 6.45) is 2.68. The van der Waals surface area contributed by atoms with E-state index in [2.05, 4.69) is 0 Å². The molecule has 0 saturated carbocycles. The largest absolute Gasteiger partial charge is 0.347 e. The van der Waals surface area contributed by atoms with Crippen LogP contribution in [0.4, 0.5) is 5.69 Å². The third kappa shape index (κ3) is 3.20. The first-order valence-electron chi connectivity index (χ1n) is 6.20. The number of benzene rings is 1. The summed E-state index contributed by atoms with van der Waals surface area (Å²) in [6, 6.07) is 10.8. The number of nitro groups is 1. The minimum Gasteiger partial charge on any atom is -0.347 e. The van der Waals surface area contributed by atoms with Crippen molar-refractivity contribution in [3.63, 3.8) is 0 Å². The van der Waals surface area contributed by atoms with E-state index < -0.39 is 0 Å². The first-order valence-corrected chi connectivity index (χ1v) is 6.20. The molecule has 0 amide bonds. The summed E-state index contributed by atoms with van der Waals surface area (Å²) in [5, 5.41) is 11.0. The van der Waals surface area contributed by atoms with Crippen LogP contribution in [-0.4, -0.2) is 15.5 Å². The lowest BCUT2D eigenvalue weighted by molar-refractivity contribution is -0.385. The van der Waals surface area contributed by atoms with E-state index in [-0.39, 0.29) is 16.7 Å². The van der Waals surface area contributed by atoms with Gasteiger partial charge in [-0.05, 0) is 19.1 Å². The first-order chi connectivity index (χ1) is 9.08. The average molecular weight is 259 g/mol. The number of nitro benzene ring substituents is 1. The van der Waals surface area contributed by atoms with E-state index in [0.717, 1.165) is 12.1 Å². The Balaban J connectivity index is 2.27. The highest BCUT2D eigenvalue weighted by Gasteiger charge is 2.13. The van der Waals surface area contributed by atoms with Crippen molar-refractivity contribution in [2.24, 2.45) is 5.73 Å². The van der Waals surface area contributed by atoms with E-state index in [1.54, 1.807) is 12.1 Å². The minimum absolute atomic E-state index is 0.0689. The summed E-state index contributed by atoms with van der Waals surface area (Å²) in [6.45, 7) is 2.44. The van der Waals surface area contributed by atoms with Gasteiger partial charge in [-0.2, -0.15) is 0 Å². The van der Waals surface area contributed by atoms with Crippen LogP contribution in [-0.2, 0) is 13.0 Å². The van der Waals surface area contributed by atoms with Gasteiger partial charge in [-0.25, -0.2) is 0 Å². The number of aromatic nitrogens is 1. The van der Waals surface area contributed by atoms with E-state index in [4.69, 9.17) is 5.73 Å². The molecule has 5 heteroatoms. The van der Waals surface area contributed by atoms with Gasteiger partial charge in [0.2, 0.25) is 0 Å². The summed E-state index contributed by atoms with van der Waals surface area (Å²) in [5.74, 6) is 0. The van der Waals surface area contributed by atoms with Crippen LogP contribution in [0.15, 0.2) is 42.6 Å². The molecule has 0 spiro atoms. The molecule has 1 atom stereocenters. The highest BCUT2D eigenvalue weighted by atomic mass is 16.6. The van der Waals surface area contributed by atoms with Gasteiger partial charge >= 0.3 is 0 Å². The van der Waals surface area contributed by atoms with Gasteiger partial charge in [0, 0.05) is 36.0 Å². The second-order valence-electron chi connectivity index (χ2n) is 4.69. The Morgan fingerprint density at radius 2 is 2.05 bits per heavy atom. The van der Waals surface area contributed by atoms with Crippen molar-refractivity contribution >= 4 is 5.69 Å². The van der Waals surface area contributed by atoms with Crippen LogP contribution in [0.1, 0.15) is 18.2 Å². The number of para-hydroxylation sites is 1. The van der Waals surface area contributed by atoms with Crippen molar-refractivity contribution in [1.29, 1.82) is 0 Å². The number of nitrogens with zero attached hydrogens (tertiary/aromatic N) is 2. The topological polar surface area (TPSA) is 74.1 Å². The summed E-state index contributed by atoms with van der Waals surface area (Å²) in [4.78, 5) is 10.6. The van der Waals surface area contributed by atoms with Crippen molar-refractivity contribution in [3.8, 4) is 0 Å². The first kappa shape index (κ1) is 13.3. The number of hydrogen-bond acceptors (Lipinski definition) is 3. The summed E-state index contributed by atoms with van der Waals surface area (Å²) >= 11 is 0. The Kier molecular flexibility index (Phi) is 3.97. The smallest absolute Gasteiger partial charge is 0.274 e. The van der Waals surface area contributed by atoms with Gasteiger partial charge < -0.3 is 10.3 Å². The monoisotopic (exact) mass is 259 g/mol. The van der Waals surface area contributed by atoms with Crippen molar-refractivity contribution < 1.29 is 4.92 Å². The minimum atomic E-state index is -0.343. The van der Waals surface area contributed by atoms with E-state index >= 15 is 0 Å². The van der Waals surface area contributed by atoms with Crippen LogP contribution in [0, 0.1) is 10.1 Å². The van der Waals surface area contributed by atoms with Gasteiger partial charge in [0.15, 0.2) is 0 Å². The number of hydrogen-bond donors (Lipinski definition) is 1. The fourth-order valence-corrected chi connectivity index (χ4v) is 2.13. The number of nitrogens with two attached hydrogens (primary N) is 1. The molecule has 0 aliphatic carbocycles. The molecule has 1 heterocycles. The molecule has 0 aliphatic heterocycles. The molecule has 19 heavy (non-hydrogen) atoms. The maximum absolute atomic E-state index is 11.0. The van der Waals surface area contributed by atoms with Crippen LogP contribution in [0.5, 0.6) is 0 Å².